The number of amides is 1. The number of carbonyl (C=O) groups excluding carboxylic acids is 1. The van der Waals surface area contributed by atoms with E-state index in [0.29, 0.717) is 0 Å². The monoisotopic (exact) mass is 257 g/mol. The number of nitrogens with zero attached hydrogens (tertiary/aromatic N) is 1. The van der Waals surface area contributed by atoms with Crippen molar-refractivity contribution in [2.45, 2.75) is 12.8 Å². The van der Waals surface area contributed by atoms with Gasteiger partial charge < -0.3 is 15.2 Å². The molecule has 0 bridgehead atoms. The number of aryl methyl sites for hydroxylation is 1. The fourth-order valence-corrected chi connectivity index (χ4v) is 2.76. The minimum Gasteiger partial charge on any atom is -0.348 e. The topological polar surface area (TPSA) is 46.1 Å². The van der Waals surface area contributed by atoms with Crippen LogP contribution in [0.1, 0.15) is 12.8 Å². The largest absolute Gasteiger partial charge is 0.348 e. The lowest BCUT2D eigenvalue weighted by Gasteiger charge is -2.21. The first-order valence-electron chi connectivity index (χ1n) is 6.81. The summed E-state index contributed by atoms with van der Waals surface area (Å²) < 4.78 is 2.05. The number of hydrogen-bond donors (Lipinski definition) is 2. The molecule has 4 nitrogen and oxygen atoms in total. The Morgan fingerprint density at radius 3 is 2.84 bits per heavy atom. The van der Waals surface area contributed by atoms with Crippen molar-refractivity contribution in [3.05, 3.63) is 30.5 Å². The van der Waals surface area contributed by atoms with Crippen LogP contribution in [0.25, 0.3) is 10.9 Å². The van der Waals surface area contributed by atoms with Crippen molar-refractivity contribution in [2.75, 3.05) is 18.4 Å². The van der Waals surface area contributed by atoms with Gasteiger partial charge in [-0.25, -0.2) is 0 Å². The lowest BCUT2D eigenvalue weighted by atomic mass is 9.97. The molecule has 100 valence electrons. The Hall–Kier alpha value is -1.81. The van der Waals surface area contributed by atoms with E-state index in [0.717, 1.165) is 42.5 Å². The van der Waals surface area contributed by atoms with Crippen molar-refractivity contribution in [3.8, 4) is 0 Å². The molecule has 1 aliphatic heterocycles. The molecule has 1 aromatic heterocycles. The van der Waals surface area contributed by atoms with Gasteiger partial charge in [0.2, 0.25) is 5.91 Å². The number of benzene rings is 1. The van der Waals surface area contributed by atoms with Gasteiger partial charge >= 0.3 is 0 Å². The third kappa shape index (κ3) is 2.36. The zero-order valence-corrected chi connectivity index (χ0v) is 11.1. The molecule has 1 fully saturated rings. The van der Waals surface area contributed by atoms with Crippen LogP contribution in [0.5, 0.6) is 0 Å². The molecule has 1 aromatic carbocycles. The van der Waals surface area contributed by atoms with Gasteiger partial charge in [0.1, 0.15) is 0 Å². The van der Waals surface area contributed by atoms with Crippen LogP contribution in [0.2, 0.25) is 0 Å². The Morgan fingerprint density at radius 2 is 2.05 bits per heavy atom. The number of nitrogens with one attached hydrogen (secondary N) is 2. The summed E-state index contributed by atoms with van der Waals surface area (Å²) in [6.45, 7) is 1.88. The Bertz CT molecular complexity index is 596. The summed E-state index contributed by atoms with van der Waals surface area (Å²) in [7, 11) is 2.00. The first-order valence-corrected chi connectivity index (χ1v) is 6.81. The molecule has 19 heavy (non-hydrogen) atoms. The number of piperidine rings is 1. The summed E-state index contributed by atoms with van der Waals surface area (Å²) in [4.78, 5) is 12.3. The molecule has 0 spiro atoms. The van der Waals surface area contributed by atoms with Crippen molar-refractivity contribution in [1.82, 2.24) is 9.88 Å². The molecule has 4 heteroatoms. The van der Waals surface area contributed by atoms with Crippen molar-refractivity contribution >= 4 is 22.5 Å². The van der Waals surface area contributed by atoms with E-state index >= 15 is 0 Å². The van der Waals surface area contributed by atoms with Gasteiger partial charge in [0.25, 0.3) is 0 Å². The molecule has 0 saturated carbocycles. The fourth-order valence-electron chi connectivity index (χ4n) is 2.76. The summed E-state index contributed by atoms with van der Waals surface area (Å²) in [5.41, 5.74) is 2.06. The van der Waals surface area contributed by atoms with Crippen molar-refractivity contribution in [3.63, 3.8) is 0 Å². The maximum atomic E-state index is 12.3. The molecule has 0 atom stereocenters. The minimum absolute atomic E-state index is 0.139. The van der Waals surface area contributed by atoms with E-state index in [1.54, 1.807) is 0 Å². The molecule has 2 heterocycles. The van der Waals surface area contributed by atoms with Crippen LogP contribution in [0.4, 0.5) is 5.69 Å². The number of carbonyl (C=O) groups is 1. The van der Waals surface area contributed by atoms with Crippen LogP contribution in [0.15, 0.2) is 30.5 Å². The van der Waals surface area contributed by atoms with Crippen LogP contribution >= 0.6 is 0 Å². The Morgan fingerprint density at radius 1 is 1.32 bits per heavy atom. The smallest absolute Gasteiger partial charge is 0.227 e. The van der Waals surface area contributed by atoms with Crippen LogP contribution in [-0.2, 0) is 11.8 Å². The SMILES string of the molecule is Cn1cc(NC(=O)C2CCNCC2)c2ccccc21. The second-order valence-electron chi connectivity index (χ2n) is 5.18. The third-order valence-electron chi connectivity index (χ3n) is 3.86. The van der Waals surface area contributed by atoms with E-state index in [9.17, 15) is 4.79 Å². The van der Waals surface area contributed by atoms with E-state index in [2.05, 4.69) is 16.7 Å². The van der Waals surface area contributed by atoms with Gasteiger partial charge in [-0.05, 0) is 32.0 Å². The molecule has 0 radical (unpaired) electrons. The molecule has 1 amide bonds. The van der Waals surface area contributed by atoms with Gasteiger partial charge in [-0.15, -0.1) is 0 Å². The maximum absolute atomic E-state index is 12.3. The Kier molecular flexibility index (Phi) is 3.25. The van der Waals surface area contributed by atoms with Gasteiger partial charge in [0.05, 0.1) is 5.69 Å². The zero-order chi connectivity index (χ0) is 13.2. The average molecular weight is 257 g/mol. The second kappa shape index (κ2) is 5.05. The lowest BCUT2D eigenvalue weighted by molar-refractivity contribution is -0.120. The first kappa shape index (κ1) is 12.2. The minimum atomic E-state index is 0.139. The molecule has 1 saturated heterocycles. The van der Waals surface area contributed by atoms with Gasteiger partial charge in [-0.3, -0.25) is 4.79 Å². The van der Waals surface area contributed by atoms with E-state index in [-0.39, 0.29) is 11.8 Å². The third-order valence-corrected chi connectivity index (χ3v) is 3.86. The molecule has 0 unspecified atom stereocenters. The van der Waals surface area contributed by atoms with Gasteiger partial charge in [0.15, 0.2) is 0 Å². The van der Waals surface area contributed by atoms with E-state index in [1.807, 2.05) is 36.0 Å². The molecule has 3 rings (SSSR count). The van der Waals surface area contributed by atoms with Crippen LogP contribution in [0.3, 0.4) is 0 Å². The van der Waals surface area contributed by atoms with E-state index < -0.39 is 0 Å². The fraction of sp³-hybridized carbons (Fsp3) is 0.400. The number of para-hydroxylation sites is 1. The number of aromatic nitrogens is 1. The lowest BCUT2D eigenvalue weighted by Crippen LogP contribution is -2.34. The molecule has 2 aromatic rings. The van der Waals surface area contributed by atoms with E-state index in [1.165, 1.54) is 0 Å². The molecule has 0 aliphatic carbocycles. The average Bonchev–Trinajstić information content (AvgIpc) is 2.77. The predicted molar refractivity (Wildman–Crippen MR) is 77.1 cm³/mol. The standard InChI is InChI=1S/C15H19N3O/c1-18-10-13(12-4-2-3-5-14(12)18)17-15(19)11-6-8-16-9-7-11/h2-5,10-11,16H,6-9H2,1H3,(H,17,19). The highest BCUT2D eigenvalue weighted by atomic mass is 16.1. The number of anilines is 1. The van der Waals surface area contributed by atoms with Crippen LogP contribution < -0.4 is 10.6 Å². The summed E-state index contributed by atoms with van der Waals surface area (Å²) in [6, 6.07) is 8.13. The van der Waals surface area contributed by atoms with Crippen molar-refractivity contribution < 1.29 is 4.79 Å². The highest BCUT2D eigenvalue weighted by molar-refractivity contribution is 6.02. The molecular formula is C15H19N3O. The predicted octanol–water partition coefficient (Wildman–Crippen LogP) is 2.12. The number of fused-ring (bicyclic) bond motifs is 1. The molecular weight excluding hydrogens is 238 g/mol. The number of hydrogen-bond acceptors (Lipinski definition) is 2. The summed E-state index contributed by atoms with van der Waals surface area (Å²) >= 11 is 0. The van der Waals surface area contributed by atoms with Crippen LogP contribution in [-0.4, -0.2) is 23.6 Å². The Labute approximate surface area is 112 Å². The van der Waals surface area contributed by atoms with Gasteiger partial charge in [-0.1, -0.05) is 18.2 Å². The maximum Gasteiger partial charge on any atom is 0.227 e. The quantitative estimate of drug-likeness (QED) is 0.865. The highest BCUT2D eigenvalue weighted by Gasteiger charge is 2.21. The Balaban J connectivity index is 1.83. The van der Waals surface area contributed by atoms with Gasteiger partial charge in [-0.2, -0.15) is 0 Å². The normalized spacial score (nSPS) is 16.7. The summed E-state index contributed by atoms with van der Waals surface area (Å²) in [5, 5.41) is 7.47. The first-order chi connectivity index (χ1) is 9.25. The zero-order valence-electron chi connectivity index (χ0n) is 11.1. The van der Waals surface area contributed by atoms with E-state index in [4.69, 9.17) is 0 Å². The molecule has 2 N–H and O–H groups in total. The van der Waals surface area contributed by atoms with Crippen LogP contribution in [0, 0.1) is 5.92 Å². The summed E-state index contributed by atoms with van der Waals surface area (Å²) in [5.74, 6) is 0.290. The van der Waals surface area contributed by atoms with Gasteiger partial charge in [0, 0.05) is 30.1 Å². The highest BCUT2D eigenvalue weighted by Crippen LogP contribution is 2.26. The molecule has 1 aliphatic rings. The second-order valence-corrected chi connectivity index (χ2v) is 5.18. The van der Waals surface area contributed by atoms with Crippen molar-refractivity contribution in [2.24, 2.45) is 13.0 Å². The summed E-state index contributed by atoms with van der Waals surface area (Å²) in [6.07, 6.45) is 3.84. The number of rotatable bonds is 2. The van der Waals surface area contributed by atoms with Crippen molar-refractivity contribution in [1.29, 1.82) is 0 Å².